The number of nitrogens with zero attached hydrogens (tertiary/aromatic N) is 4. The molecule has 0 N–H and O–H groups in total. The smallest absolute Gasteiger partial charge is 0.156 e. The van der Waals surface area contributed by atoms with Gasteiger partial charge in [0, 0.05) is 51.1 Å². The lowest BCUT2D eigenvalue weighted by Crippen LogP contribution is -2.45. The molecule has 2 aliphatic heterocycles. The van der Waals surface area contributed by atoms with E-state index in [-0.39, 0.29) is 0 Å². The summed E-state index contributed by atoms with van der Waals surface area (Å²) >= 11 is 0. The molecule has 0 spiro atoms. The van der Waals surface area contributed by atoms with Crippen molar-refractivity contribution in [3.8, 4) is 0 Å². The molecular formula is C16H26N4O2. The summed E-state index contributed by atoms with van der Waals surface area (Å²) in [5.41, 5.74) is 1.01. The van der Waals surface area contributed by atoms with E-state index < -0.39 is 0 Å². The molecule has 0 aliphatic carbocycles. The molecule has 2 saturated heterocycles. The van der Waals surface area contributed by atoms with Gasteiger partial charge in [-0.1, -0.05) is 0 Å². The van der Waals surface area contributed by atoms with Gasteiger partial charge in [-0.15, -0.1) is 0 Å². The third kappa shape index (κ3) is 3.74. The van der Waals surface area contributed by atoms with E-state index in [0.29, 0.717) is 12.6 Å². The molecule has 6 heteroatoms. The van der Waals surface area contributed by atoms with E-state index in [1.54, 1.807) is 7.11 Å². The van der Waals surface area contributed by atoms with E-state index in [2.05, 4.69) is 20.9 Å². The van der Waals surface area contributed by atoms with E-state index in [9.17, 15) is 0 Å². The summed E-state index contributed by atoms with van der Waals surface area (Å²) in [5, 5.41) is 0. The monoisotopic (exact) mass is 306 g/mol. The highest BCUT2D eigenvalue weighted by Crippen LogP contribution is 2.25. The minimum atomic E-state index is 0.469. The van der Waals surface area contributed by atoms with Crippen LogP contribution in [0.4, 0.5) is 5.82 Å². The van der Waals surface area contributed by atoms with Gasteiger partial charge in [-0.05, 0) is 19.8 Å². The minimum Gasteiger partial charge on any atom is -0.379 e. The fourth-order valence-corrected chi connectivity index (χ4v) is 3.36. The maximum Gasteiger partial charge on any atom is 0.156 e. The molecule has 0 saturated carbocycles. The van der Waals surface area contributed by atoms with Crippen LogP contribution in [0.3, 0.4) is 0 Å². The number of rotatable bonds is 5. The molecule has 1 aromatic heterocycles. The summed E-state index contributed by atoms with van der Waals surface area (Å²) < 4.78 is 10.6. The Morgan fingerprint density at radius 2 is 2.09 bits per heavy atom. The van der Waals surface area contributed by atoms with Gasteiger partial charge in [0.05, 0.1) is 13.2 Å². The van der Waals surface area contributed by atoms with Gasteiger partial charge in [0.2, 0.25) is 0 Å². The lowest BCUT2D eigenvalue weighted by atomic mass is 10.2. The van der Waals surface area contributed by atoms with Crippen LogP contribution in [-0.4, -0.2) is 67.4 Å². The Morgan fingerprint density at radius 3 is 2.86 bits per heavy atom. The number of anilines is 1. The summed E-state index contributed by atoms with van der Waals surface area (Å²) in [7, 11) is 1.68. The summed E-state index contributed by atoms with van der Waals surface area (Å²) in [6.07, 6.45) is 2.47. The van der Waals surface area contributed by atoms with Gasteiger partial charge in [0.1, 0.15) is 12.4 Å². The van der Waals surface area contributed by atoms with Crippen LogP contribution in [0.15, 0.2) is 6.07 Å². The number of morpholine rings is 1. The van der Waals surface area contributed by atoms with Crippen LogP contribution in [0, 0.1) is 6.92 Å². The SMILES string of the molecule is COCc1nc(C)cc(N2CCC[C@@H]2CN2CCOCC2)n1. The first-order chi connectivity index (χ1) is 10.8. The van der Waals surface area contributed by atoms with Crippen LogP contribution in [0.5, 0.6) is 0 Å². The molecule has 122 valence electrons. The zero-order valence-electron chi connectivity index (χ0n) is 13.6. The van der Waals surface area contributed by atoms with Crippen LogP contribution >= 0.6 is 0 Å². The molecule has 22 heavy (non-hydrogen) atoms. The quantitative estimate of drug-likeness (QED) is 0.815. The van der Waals surface area contributed by atoms with E-state index >= 15 is 0 Å². The second-order valence-corrected chi connectivity index (χ2v) is 6.12. The molecule has 2 aliphatic rings. The topological polar surface area (TPSA) is 50.7 Å². The normalized spacial score (nSPS) is 23.2. The van der Waals surface area contributed by atoms with Crippen LogP contribution in [0.25, 0.3) is 0 Å². The summed E-state index contributed by atoms with van der Waals surface area (Å²) in [6, 6.07) is 2.64. The van der Waals surface area contributed by atoms with E-state index in [1.807, 2.05) is 6.92 Å². The fourth-order valence-electron chi connectivity index (χ4n) is 3.36. The number of methoxy groups -OCH3 is 1. The van der Waals surface area contributed by atoms with Crippen molar-refractivity contribution in [1.29, 1.82) is 0 Å². The molecule has 3 rings (SSSR count). The van der Waals surface area contributed by atoms with Crippen LogP contribution < -0.4 is 4.90 Å². The van der Waals surface area contributed by atoms with Gasteiger partial charge in [-0.3, -0.25) is 4.90 Å². The average molecular weight is 306 g/mol. The highest BCUT2D eigenvalue weighted by atomic mass is 16.5. The van der Waals surface area contributed by atoms with E-state index in [4.69, 9.17) is 14.5 Å². The summed E-state index contributed by atoms with van der Waals surface area (Å²) in [5.74, 6) is 1.82. The first kappa shape index (κ1) is 15.6. The standard InChI is InChI=1S/C16H26N4O2/c1-13-10-16(18-15(17-13)12-21-2)20-5-3-4-14(20)11-19-6-8-22-9-7-19/h10,14H,3-9,11-12H2,1-2H3/t14-/m1/s1. The van der Waals surface area contributed by atoms with Crippen LogP contribution in [-0.2, 0) is 16.1 Å². The van der Waals surface area contributed by atoms with Crippen molar-refractivity contribution < 1.29 is 9.47 Å². The molecule has 0 radical (unpaired) electrons. The molecule has 6 nitrogen and oxygen atoms in total. The molecule has 0 unspecified atom stereocenters. The molecular weight excluding hydrogens is 280 g/mol. The second kappa shape index (κ2) is 7.35. The van der Waals surface area contributed by atoms with Gasteiger partial charge in [0.15, 0.2) is 5.82 Å². The molecule has 1 aromatic rings. The Hall–Kier alpha value is -1.24. The summed E-state index contributed by atoms with van der Waals surface area (Å²) in [4.78, 5) is 14.1. The lowest BCUT2D eigenvalue weighted by Gasteiger charge is -2.33. The Bertz CT molecular complexity index is 491. The third-order valence-corrected chi connectivity index (χ3v) is 4.40. The molecule has 2 fully saturated rings. The number of aryl methyl sites for hydroxylation is 1. The van der Waals surface area contributed by atoms with Gasteiger partial charge in [0.25, 0.3) is 0 Å². The number of aromatic nitrogens is 2. The Kier molecular flexibility index (Phi) is 5.23. The Morgan fingerprint density at radius 1 is 1.27 bits per heavy atom. The second-order valence-electron chi connectivity index (χ2n) is 6.12. The molecule has 0 amide bonds. The zero-order valence-corrected chi connectivity index (χ0v) is 13.6. The average Bonchev–Trinajstić information content (AvgIpc) is 2.96. The van der Waals surface area contributed by atoms with E-state index in [1.165, 1.54) is 12.8 Å². The van der Waals surface area contributed by atoms with E-state index in [0.717, 1.165) is 56.7 Å². The third-order valence-electron chi connectivity index (χ3n) is 4.40. The maximum atomic E-state index is 5.44. The largest absolute Gasteiger partial charge is 0.379 e. The number of hydrogen-bond donors (Lipinski definition) is 0. The Labute approximate surface area is 132 Å². The fraction of sp³-hybridized carbons (Fsp3) is 0.750. The van der Waals surface area contributed by atoms with Gasteiger partial charge >= 0.3 is 0 Å². The lowest BCUT2D eigenvalue weighted by molar-refractivity contribution is 0.0354. The maximum absolute atomic E-state index is 5.44. The van der Waals surface area contributed by atoms with Crippen LogP contribution in [0.2, 0.25) is 0 Å². The van der Waals surface area contributed by atoms with Gasteiger partial charge < -0.3 is 14.4 Å². The predicted octanol–water partition coefficient (Wildman–Crippen LogP) is 1.23. The van der Waals surface area contributed by atoms with Gasteiger partial charge in [-0.2, -0.15) is 0 Å². The zero-order chi connectivity index (χ0) is 15.4. The van der Waals surface area contributed by atoms with Crippen molar-refractivity contribution in [2.45, 2.75) is 32.4 Å². The first-order valence-electron chi connectivity index (χ1n) is 8.16. The first-order valence-corrected chi connectivity index (χ1v) is 8.16. The highest BCUT2D eigenvalue weighted by molar-refractivity contribution is 5.42. The van der Waals surface area contributed by atoms with Crippen molar-refractivity contribution in [1.82, 2.24) is 14.9 Å². The Balaban J connectivity index is 1.71. The van der Waals surface area contributed by atoms with Gasteiger partial charge in [-0.25, -0.2) is 9.97 Å². The summed E-state index contributed by atoms with van der Waals surface area (Å²) in [6.45, 7) is 8.48. The van der Waals surface area contributed by atoms with Crippen molar-refractivity contribution in [2.75, 3.05) is 51.4 Å². The van der Waals surface area contributed by atoms with Crippen LogP contribution in [0.1, 0.15) is 24.4 Å². The molecule has 1 atom stereocenters. The number of hydrogen-bond acceptors (Lipinski definition) is 6. The minimum absolute atomic E-state index is 0.469. The molecule has 0 aromatic carbocycles. The highest BCUT2D eigenvalue weighted by Gasteiger charge is 2.28. The van der Waals surface area contributed by atoms with Crippen molar-refractivity contribution >= 4 is 5.82 Å². The number of ether oxygens (including phenoxy) is 2. The molecule has 0 bridgehead atoms. The van der Waals surface area contributed by atoms with Crippen molar-refractivity contribution in [3.05, 3.63) is 17.6 Å². The van der Waals surface area contributed by atoms with Crippen molar-refractivity contribution in [2.24, 2.45) is 0 Å². The molecule has 3 heterocycles. The predicted molar refractivity (Wildman–Crippen MR) is 85.1 cm³/mol. The van der Waals surface area contributed by atoms with Crippen molar-refractivity contribution in [3.63, 3.8) is 0 Å².